The van der Waals surface area contributed by atoms with Gasteiger partial charge in [0, 0.05) is 17.0 Å². The summed E-state index contributed by atoms with van der Waals surface area (Å²) in [7, 11) is 0. The van der Waals surface area contributed by atoms with Gasteiger partial charge in [-0.25, -0.2) is 4.68 Å². The third-order valence-electron chi connectivity index (χ3n) is 6.90. The van der Waals surface area contributed by atoms with E-state index in [4.69, 9.17) is 26.2 Å². The third-order valence-corrected chi connectivity index (χ3v) is 8.48. The number of thioether (sulfide) groups is 1. The Morgan fingerprint density at radius 3 is 2.67 bits per heavy atom. The number of fused-ring (bicyclic) bond motifs is 2. The summed E-state index contributed by atoms with van der Waals surface area (Å²) in [5.74, 6) is 1.73. The fourth-order valence-electron chi connectivity index (χ4n) is 4.77. The number of hydrogen-bond acceptors (Lipinski definition) is 6. The van der Waals surface area contributed by atoms with Gasteiger partial charge in [0.15, 0.2) is 11.5 Å². The predicted octanol–water partition coefficient (Wildman–Crippen LogP) is 5.64. The van der Waals surface area contributed by atoms with Crippen molar-refractivity contribution < 1.29 is 19.1 Å². The van der Waals surface area contributed by atoms with E-state index in [-0.39, 0.29) is 47.6 Å². The van der Waals surface area contributed by atoms with Crippen molar-refractivity contribution in [2.45, 2.75) is 57.7 Å². The zero-order valence-corrected chi connectivity index (χ0v) is 24.4. The molecule has 5 rings (SSSR count). The van der Waals surface area contributed by atoms with E-state index in [1.165, 1.54) is 11.8 Å². The molecule has 0 saturated heterocycles. The van der Waals surface area contributed by atoms with Gasteiger partial charge in [0.05, 0.1) is 27.4 Å². The molecule has 3 aromatic rings. The lowest BCUT2D eigenvalue weighted by Gasteiger charge is -2.25. The minimum absolute atomic E-state index is 0.00609. The highest BCUT2D eigenvalue weighted by atomic mass is 35.5. The zero-order chi connectivity index (χ0) is 27.9. The first-order chi connectivity index (χ1) is 18.6. The van der Waals surface area contributed by atoms with Gasteiger partial charge in [0.25, 0.3) is 0 Å². The van der Waals surface area contributed by atoms with Crippen molar-refractivity contribution in [3.63, 3.8) is 0 Å². The number of carbonyl (C=O) groups is 2. The minimum atomic E-state index is -0.371. The van der Waals surface area contributed by atoms with Gasteiger partial charge in [-0.3, -0.25) is 14.5 Å². The lowest BCUT2D eigenvalue weighted by atomic mass is 9.87. The van der Waals surface area contributed by atoms with E-state index in [9.17, 15) is 9.59 Å². The van der Waals surface area contributed by atoms with Crippen molar-refractivity contribution in [3.05, 3.63) is 64.3 Å². The first-order valence-electron chi connectivity index (χ1n) is 13.1. The number of nitrogens with one attached hydrogen (secondary N) is 1. The second-order valence-electron chi connectivity index (χ2n) is 10.9. The summed E-state index contributed by atoms with van der Waals surface area (Å²) in [6, 6.07) is 13.3. The number of rotatable bonds is 6. The van der Waals surface area contributed by atoms with Crippen LogP contribution < -0.4 is 19.7 Å². The highest BCUT2D eigenvalue weighted by Gasteiger charge is 2.40. The molecule has 206 valence electrons. The lowest BCUT2D eigenvalue weighted by Crippen LogP contribution is -2.44. The van der Waals surface area contributed by atoms with Crippen LogP contribution in [0.4, 0.5) is 5.82 Å². The summed E-state index contributed by atoms with van der Waals surface area (Å²) in [5.41, 5.74) is 2.95. The Morgan fingerprint density at radius 1 is 1.21 bits per heavy atom. The molecule has 0 bridgehead atoms. The van der Waals surface area contributed by atoms with E-state index < -0.39 is 0 Å². The maximum absolute atomic E-state index is 13.8. The van der Waals surface area contributed by atoms with E-state index in [2.05, 4.69) is 26.1 Å². The topological polar surface area (TPSA) is 85.7 Å². The minimum Gasteiger partial charge on any atom is -0.454 e. The summed E-state index contributed by atoms with van der Waals surface area (Å²) < 4.78 is 13.0. The van der Waals surface area contributed by atoms with Gasteiger partial charge in [-0.05, 0) is 43.2 Å². The first kappa shape index (κ1) is 27.4. The van der Waals surface area contributed by atoms with Crippen molar-refractivity contribution in [2.75, 3.05) is 24.0 Å². The van der Waals surface area contributed by atoms with Crippen LogP contribution in [0.25, 0.3) is 5.69 Å². The monoisotopic (exact) mass is 568 g/mol. The molecule has 0 unspecified atom stereocenters. The van der Waals surface area contributed by atoms with Crippen LogP contribution in [0.15, 0.2) is 42.5 Å². The Labute approximate surface area is 238 Å². The quantitative estimate of drug-likeness (QED) is 0.414. The number of para-hydroxylation sites is 1. The number of amides is 2. The van der Waals surface area contributed by atoms with Gasteiger partial charge in [-0.2, -0.15) is 5.10 Å². The molecule has 1 N–H and O–H groups in total. The number of aromatic nitrogens is 2. The highest BCUT2D eigenvalue weighted by Crippen LogP contribution is 2.50. The molecular formula is C29H33ClN4O4S. The Morgan fingerprint density at radius 2 is 1.95 bits per heavy atom. The second kappa shape index (κ2) is 10.8. The molecule has 0 saturated carbocycles. The van der Waals surface area contributed by atoms with Crippen LogP contribution in [-0.4, -0.2) is 46.7 Å². The Bertz CT molecular complexity index is 1420. The van der Waals surface area contributed by atoms with Crippen LogP contribution in [0.5, 0.6) is 11.5 Å². The number of hydrogen-bond donors (Lipinski definition) is 1. The molecular weight excluding hydrogens is 536 g/mol. The van der Waals surface area contributed by atoms with E-state index >= 15 is 0 Å². The maximum atomic E-state index is 13.8. The van der Waals surface area contributed by atoms with E-state index in [1.807, 2.05) is 50.2 Å². The predicted molar refractivity (Wildman–Crippen MR) is 154 cm³/mol. The van der Waals surface area contributed by atoms with E-state index in [0.29, 0.717) is 28.0 Å². The van der Waals surface area contributed by atoms with Crippen LogP contribution in [-0.2, 0) is 15.0 Å². The molecule has 8 nitrogen and oxygen atoms in total. The fourth-order valence-corrected chi connectivity index (χ4v) is 6.17. The van der Waals surface area contributed by atoms with Gasteiger partial charge in [-0.1, -0.05) is 57.5 Å². The molecule has 2 aliphatic heterocycles. The molecule has 0 aliphatic carbocycles. The second-order valence-corrected chi connectivity index (χ2v) is 12.4. The van der Waals surface area contributed by atoms with E-state index in [0.717, 1.165) is 23.2 Å². The summed E-state index contributed by atoms with van der Waals surface area (Å²) >= 11 is 8.20. The Kier molecular flexibility index (Phi) is 7.57. The number of ether oxygens (including phenoxy) is 2. The largest absolute Gasteiger partial charge is 0.454 e. The van der Waals surface area contributed by atoms with Crippen molar-refractivity contribution in [3.8, 4) is 17.2 Å². The van der Waals surface area contributed by atoms with Gasteiger partial charge in [0.1, 0.15) is 12.4 Å². The molecule has 1 aromatic heterocycles. The standard InChI is InChI=1S/C29H33ClN4O4S/c1-6-17(2)31-23(35)14-33-24(36)15-39-26(18-11-12-21-22(13-18)38-16-37-21)25-27(29(3,4)5)32-34(28(25)33)20-10-8-7-9-19(20)30/h7-13,17,26H,6,14-16H2,1-5H3,(H,31,35)/t17-,26+/m1/s1. The number of anilines is 1. The fraction of sp³-hybridized carbons (Fsp3) is 0.414. The summed E-state index contributed by atoms with van der Waals surface area (Å²) in [6.45, 7) is 10.3. The van der Waals surface area contributed by atoms with Gasteiger partial charge in [0.2, 0.25) is 18.6 Å². The number of halogens is 1. The Balaban J connectivity index is 1.75. The molecule has 39 heavy (non-hydrogen) atoms. The number of nitrogens with zero attached hydrogens (tertiary/aromatic N) is 3. The average molecular weight is 569 g/mol. The van der Waals surface area contributed by atoms with Gasteiger partial charge < -0.3 is 14.8 Å². The SMILES string of the molecule is CC[C@@H](C)NC(=O)CN1C(=O)CS[C@@H](c2ccc3c(c2)OCO3)c2c(C(C)(C)C)nn(-c3ccccc3Cl)c21. The first-order valence-corrected chi connectivity index (χ1v) is 14.5. The number of carbonyl (C=O) groups excluding carboxylic acids is 2. The van der Waals surface area contributed by atoms with Crippen LogP contribution in [0.3, 0.4) is 0 Å². The summed E-state index contributed by atoms with van der Waals surface area (Å²) in [6.07, 6.45) is 0.790. The normalized spacial score (nSPS) is 17.5. The number of benzene rings is 2. The molecule has 2 aliphatic rings. The van der Waals surface area contributed by atoms with Crippen LogP contribution in [0.2, 0.25) is 5.02 Å². The molecule has 2 atom stereocenters. The average Bonchev–Trinajstić information content (AvgIpc) is 3.49. The van der Waals surface area contributed by atoms with Crippen LogP contribution >= 0.6 is 23.4 Å². The van der Waals surface area contributed by atoms with Crippen molar-refractivity contribution in [1.29, 1.82) is 0 Å². The maximum Gasteiger partial charge on any atom is 0.240 e. The summed E-state index contributed by atoms with van der Waals surface area (Å²) in [5, 5.41) is 8.34. The van der Waals surface area contributed by atoms with E-state index in [1.54, 1.807) is 15.6 Å². The van der Waals surface area contributed by atoms with Crippen molar-refractivity contribution in [1.82, 2.24) is 15.1 Å². The highest BCUT2D eigenvalue weighted by molar-refractivity contribution is 8.00. The van der Waals surface area contributed by atoms with Gasteiger partial charge >= 0.3 is 0 Å². The molecule has 0 spiro atoms. The molecule has 3 heterocycles. The Hall–Kier alpha value is -3.17. The van der Waals surface area contributed by atoms with Crippen LogP contribution in [0.1, 0.15) is 63.1 Å². The van der Waals surface area contributed by atoms with Crippen LogP contribution in [0, 0.1) is 0 Å². The molecule has 10 heteroatoms. The van der Waals surface area contributed by atoms with Gasteiger partial charge in [-0.15, -0.1) is 11.8 Å². The molecule has 2 amide bonds. The van der Waals surface area contributed by atoms with Crippen molar-refractivity contribution in [2.24, 2.45) is 0 Å². The lowest BCUT2D eigenvalue weighted by molar-refractivity contribution is -0.123. The molecule has 0 fully saturated rings. The smallest absolute Gasteiger partial charge is 0.240 e. The summed E-state index contributed by atoms with van der Waals surface area (Å²) in [4.78, 5) is 28.5. The third kappa shape index (κ3) is 5.34. The molecule has 2 aromatic carbocycles. The molecule has 0 radical (unpaired) electrons. The van der Waals surface area contributed by atoms with Crippen molar-refractivity contribution >= 4 is 41.0 Å². The zero-order valence-electron chi connectivity index (χ0n) is 22.8.